The van der Waals surface area contributed by atoms with Crippen LogP contribution in [0.15, 0.2) is 36.4 Å². The van der Waals surface area contributed by atoms with E-state index in [2.05, 4.69) is 10.2 Å². The van der Waals surface area contributed by atoms with E-state index in [1.54, 1.807) is 13.0 Å². The Morgan fingerprint density at radius 1 is 1.14 bits per heavy atom. The van der Waals surface area contributed by atoms with Gasteiger partial charge in [0.1, 0.15) is 17.5 Å². The van der Waals surface area contributed by atoms with Crippen LogP contribution < -0.4 is 10.2 Å². The van der Waals surface area contributed by atoms with Gasteiger partial charge < -0.3 is 10.2 Å². The molecule has 1 saturated carbocycles. The van der Waals surface area contributed by atoms with Crippen LogP contribution in [0, 0.1) is 31.5 Å². The molecule has 5 heteroatoms. The molecule has 0 amide bonds. The highest BCUT2D eigenvalue weighted by Crippen LogP contribution is 2.47. The Kier molecular flexibility index (Phi) is 3.86. The van der Waals surface area contributed by atoms with E-state index in [1.165, 1.54) is 12.5 Å². The lowest BCUT2D eigenvalue weighted by atomic mass is 10.0. The fourth-order valence-electron chi connectivity index (χ4n) is 4.45. The fourth-order valence-corrected chi connectivity index (χ4v) is 4.45. The summed E-state index contributed by atoms with van der Waals surface area (Å²) in [5.74, 6) is 2.61. The normalized spacial score (nSPS) is 20.3. The monoisotopic (exact) mass is 375 g/mol. The number of piperidine rings is 1. The molecule has 2 unspecified atom stereocenters. The van der Waals surface area contributed by atoms with Crippen LogP contribution in [0.2, 0.25) is 0 Å². The summed E-state index contributed by atoms with van der Waals surface area (Å²) in [5, 5.41) is 5.12. The number of halogens is 1. The Balaban J connectivity index is 1.70. The summed E-state index contributed by atoms with van der Waals surface area (Å²) < 4.78 is 14.0. The number of hydrogen-bond donors (Lipinski definition) is 1. The van der Waals surface area contributed by atoms with Crippen molar-refractivity contribution in [1.82, 2.24) is 4.98 Å². The molecule has 142 valence electrons. The maximum atomic E-state index is 14.0. The molecule has 28 heavy (non-hydrogen) atoms. The van der Waals surface area contributed by atoms with Gasteiger partial charge in [-0.3, -0.25) is 4.79 Å². The van der Waals surface area contributed by atoms with Crippen molar-refractivity contribution >= 4 is 34.4 Å². The summed E-state index contributed by atoms with van der Waals surface area (Å²) >= 11 is 0. The number of aryl methyl sites for hydroxylation is 1. The largest absolute Gasteiger partial charge is 0.355 e. The predicted octanol–water partition coefficient (Wildman–Crippen LogP) is 5.00. The number of carbonyl (C=O) groups excluding carboxylic acids is 1. The smallest absolute Gasteiger partial charge is 0.154 e. The molecule has 3 aromatic rings. The first-order valence-electron chi connectivity index (χ1n) is 9.72. The van der Waals surface area contributed by atoms with Crippen molar-refractivity contribution < 1.29 is 9.18 Å². The number of aromatic nitrogens is 1. The number of fused-ring (bicyclic) bond motifs is 2. The van der Waals surface area contributed by atoms with Crippen LogP contribution in [0.5, 0.6) is 0 Å². The van der Waals surface area contributed by atoms with Crippen molar-refractivity contribution in [1.29, 1.82) is 0 Å². The van der Waals surface area contributed by atoms with Gasteiger partial charge in [0.15, 0.2) is 6.29 Å². The third-order valence-corrected chi connectivity index (χ3v) is 6.17. The first kappa shape index (κ1) is 17.2. The molecule has 0 bridgehead atoms. The minimum absolute atomic E-state index is 0.255. The van der Waals surface area contributed by atoms with Gasteiger partial charge in [0.2, 0.25) is 0 Å². The van der Waals surface area contributed by atoms with Crippen molar-refractivity contribution in [3.8, 4) is 0 Å². The van der Waals surface area contributed by atoms with E-state index >= 15 is 0 Å². The lowest BCUT2D eigenvalue weighted by Gasteiger charge is -2.24. The number of pyridine rings is 1. The van der Waals surface area contributed by atoms with Crippen LogP contribution in [0.4, 0.5) is 21.7 Å². The number of anilines is 3. The van der Waals surface area contributed by atoms with Gasteiger partial charge in [0, 0.05) is 35.1 Å². The molecule has 0 radical (unpaired) electrons. The second kappa shape index (κ2) is 6.30. The minimum Gasteiger partial charge on any atom is -0.355 e. The van der Waals surface area contributed by atoms with E-state index in [1.807, 2.05) is 31.2 Å². The summed E-state index contributed by atoms with van der Waals surface area (Å²) in [6.07, 6.45) is 2.21. The third kappa shape index (κ3) is 2.65. The zero-order valence-corrected chi connectivity index (χ0v) is 16.0. The van der Waals surface area contributed by atoms with Gasteiger partial charge >= 0.3 is 0 Å². The number of rotatable bonds is 4. The van der Waals surface area contributed by atoms with E-state index in [9.17, 15) is 9.18 Å². The molecule has 5 rings (SSSR count). The average Bonchev–Trinajstić information content (AvgIpc) is 3.30. The van der Waals surface area contributed by atoms with Crippen LogP contribution in [0.1, 0.15) is 27.9 Å². The van der Waals surface area contributed by atoms with Gasteiger partial charge in [0.25, 0.3) is 0 Å². The Morgan fingerprint density at radius 3 is 2.64 bits per heavy atom. The molecule has 2 aliphatic rings. The molecule has 2 heterocycles. The van der Waals surface area contributed by atoms with E-state index in [0.29, 0.717) is 22.6 Å². The van der Waals surface area contributed by atoms with Gasteiger partial charge in [-0.25, -0.2) is 9.37 Å². The van der Waals surface area contributed by atoms with Gasteiger partial charge in [-0.2, -0.15) is 0 Å². The van der Waals surface area contributed by atoms with Gasteiger partial charge in [-0.1, -0.05) is 24.3 Å². The lowest BCUT2D eigenvalue weighted by Crippen LogP contribution is -2.25. The molecule has 1 aliphatic heterocycles. The lowest BCUT2D eigenvalue weighted by molar-refractivity contribution is 0.112. The molecule has 2 aromatic carbocycles. The van der Waals surface area contributed by atoms with E-state index in [4.69, 9.17) is 4.98 Å². The molecular formula is C23H22FN3O. The Bertz CT molecular complexity index is 1100. The third-order valence-electron chi connectivity index (χ3n) is 6.17. The van der Waals surface area contributed by atoms with Crippen LogP contribution in [0.3, 0.4) is 0 Å². The molecular weight excluding hydrogens is 353 g/mol. The quantitative estimate of drug-likeness (QED) is 0.652. The highest BCUT2D eigenvalue weighted by molar-refractivity contribution is 6.08. The van der Waals surface area contributed by atoms with Crippen molar-refractivity contribution in [3.63, 3.8) is 0 Å². The SMILES string of the molecule is Cc1c(F)cccc1Nc1nc(N2CC3CC3C2)c(C=O)c2c(C)cccc12. The van der Waals surface area contributed by atoms with Crippen molar-refractivity contribution in [2.24, 2.45) is 11.8 Å². The molecule has 2 atom stereocenters. The average molecular weight is 375 g/mol. The molecule has 1 saturated heterocycles. The summed E-state index contributed by atoms with van der Waals surface area (Å²) in [4.78, 5) is 19.2. The van der Waals surface area contributed by atoms with E-state index < -0.39 is 0 Å². The number of benzene rings is 2. The van der Waals surface area contributed by atoms with Crippen LogP contribution >= 0.6 is 0 Å². The van der Waals surface area contributed by atoms with E-state index in [-0.39, 0.29) is 5.82 Å². The topological polar surface area (TPSA) is 45.2 Å². The Hall–Kier alpha value is -2.95. The van der Waals surface area contributed by atoms with Crippen molar-refractivity contribution in [2.45, 2.75) is 20.3 Å². The molecule has 2 fully saturated rings. The van der Waals surface area contributed by atoms with Crippen molar-refractivity contribution in [2.75, 3.05) is 23.3 Å². The first-order chi connectivity index (χ1) is 13.6. The number of hydrogen-bond acceptors (Lipinski definition) is 4. The Morgan fingerprint density at radius 2 is 1.89 bits per heavy atom. The van der Waals surface area contributed by atoms with Crippen LogP contribution in [0.25, 0.3) is 10.8 Å². The number of nitrogens with zero attached hydrogens (tertiary/aromatic N) is 2. The van der Waals surface area contributed by atoms with Crippen LogP contribution in [-0.2, 0) is 0 Å². The molecule has 0 spiro atoms. The van der Waals surface area contributed by atoms with Crippen molar-refractivity contribution in [3.05, 3.63) is 58.9 Å². The standard InChI is InChI=1S/C23H22FN3O/c1-13-5-3-6-17-21(13)18(12-28)23(27-10-15-9-16(15)11-27)26-22(17)25-20-8-4-7-19(24)14(20)2/h3-8,12,15-16H,9-11H2,1-2H3,(H,25,26). The van der Waals surface area contributed by atoms with Gasteiger partial charge in [-0.05, 0) is 49.8 Å². The molecule has 1 N–H and O–H groups in total. The second-order valence-corrected chi connectivity index (χ2v) is 8.01. The fraction of sp³-hybridized carbons (Fsp3) is 0.304. The number of carbonyl (C=O) groups is 1. The number of nitrogens with one attached hydrogen (secondary N) is 1. The molecule has 1 aliphatic carbocycles. The second-order valence-electron chi connectivity index (χ2n) is 8.01. The summed E-state index contributed by atoms with van der Waals surface area (Å²) in [7, 11) is 0. The number of aldehydes is 1. The first-order valence-corrected chi connectivity index (χ1v) is 9.72. The Labute approximate surface area is 163 Å². The zero-order valence-electron chi connectivity index (χ0n) is 16.0. The maximum Gasteiger partial charge on any atom is 0.154 e. The highest BCUT2D eigenvalue weighted by atomic mass is 19.1. The predicted molar refractivity (Wildman–Crippen MR) is 110 cm³/mol. The molecule has 1 aromatic heterocycles. The highest BCUT2D eigenvalue weighted by Gasteiger charge is 2.46. The van der Waals surface area contributed by atoms with Gasteiger partial charge in [-0.15, -0.1) is 0 Å². The van der Waals surface area contributed by atoms with Crippen LogP contribution in [-0.4, -0.2) is 24.4 Å². The zero-order chi connectivity index (χ0) is 19.4. The van der Waals surface area contributed by atoms with Gasteiger partial charge in [0.05, 0.1) is 5.56 Å². The maximum absolute atomic E-state index is 14.0. The minimum atomic E-state index is -0.255. The summed E-state index contributed by atoms with van der Waals surface area (Å²) in [6.45, 7) is 5.67. The summed E-state index contributed by atoms with van der Waals surface area (Å²) in [6, 6.07) is 10.9. The molecule has 4 nitrogen and oxygen atoms in total. The summed E-state index contributed by atoms with van der Waals surface area (Å²) in [5.41, 5.74) is 2.92. The van der Waals surface area contributed by atoms with E-state index in [0.717, 1.165) is 53.4 Å².